The standard InChI is InChI=1S/C10H12N6O4/c1-3-15(5-7-6(2)13-20-14-7)10(17)9-8(16(18)19)4-11-12-9/h4H,3,5H2,1-2H3,(H,11,12). The number of H-pyrrole nitrogens is 1. The fourth-order valence-corrected chi connectivity index (χ4v) is 1.63. The molecular formula is C10H12N6O4. The summed E-state index contributed by atoms with van der Waals surface area (Å²) in [6.07, 6.45) is 1.00. The van der Waals surface area contributed by atoms with Gasteiger partial charge in [-0.05, 0) is 13.8 Å². The van der Waals surface area contributed by atoms with E-state index in [4.69, 9.17) is 0 Å². The average Bonchev–Trinajstić information content (AvgIpc) is 3.04. The van der Waals surface area contributed by atoms with Crippen molar-refractivity contribution in [1.82, 2.24) is 25.4 Å². The van der Waals surface area contributed by atoms with Crippen LogP contribution in [0.3, 0.4) is 0 Å². The van der Waals surface area contributed by atoms with Crippen LogP contribution in [0.15, 0.2) is 10.8 Å². The summed E-state index contributed by atoms with van der Waals surface area (Å²) in [7, 11) is 0. The number of hydrogen-bond acceptors (Lipinski definition) is 7. The van der Waals surface area contributed by atoms with Crippen molar-refractivity contribution in [2.24, 2.45) is 0 Å². The van der Waals surface area contributed by atoms with Crippen LogP contribution in [0.1, 0.15) is 28.8 Å². The number of amides is 1. The lowest BCUT2D eigenvalue weighted by molar-refractivity contribution is -0.385. The lowest BCUT2D eigenvalue weighted by Gasteiger charge is -2.18. The van der Waals surface area contributed by atoms with Gasteiger partial charge >= 0.3 is 5.69 Å². The molecule has 0 saturated carbocycles. The van der Waals surface area contributed by atoms with Gasteiger partial charge in [0, 0.05) is 6.54 Å². The van der Waals surface area contributed by atoms with Crippen LogP contribution in [-0.4, -0.2) is 42.8 Å². The zero-order valence-electron chi connectivity index (χ0n) is 10.9. The number of nitrogens with zero attached hydrogens (tertiary/aromatic N) is 5. The molecule has 0 saturated heterocycles. The Balaban J connectivity index is 2.23. The smallest absolute Gasteiger partial charge is 0.319 e. The second kappa shape index (κ2) is 5.47. The summed E-state index contributed by atoms with van der Waals surface area (Å²) in [6.45, 7) is 3.95. The zero-order chi connectivity index (χ0) is 14.7. The van der Waals surface area contributed by atoms with Gasteiger partial charge in [-0.3, -0.25) is 20.0 Å². The van der Waals surface area contributed by atoms with Gasteiger partial charge < -0.3 is 4.90 Å². The van der Waals surface area contributed by atoms with Crippen molar-refractivity contribution >= 4 is 11.6 Å². The Morgan fingerprint density at radius 2 is 2.30 bits per heavy atom. The van der Waals surface area contributed by atoms with E-state index in [1.54, 1.807) is 13.8 Å². The first-order valence-electron chi connectivity index (χ1n) is 5.79. The van der Waals surface area contributed by atoms with Crippen LogP contribution in [-0.2, 0) is 6.54 Å². The van der Waals surface area contributed by atoms with E-state index in [2.05, 4.69) is 25.1 Å². The molecule has 2 rings (SSSR count). The Hall–Kier alpha value is -2.78. The molecule has 2 aromatic heterocycles. The molecule has 0 fully saturated rings. The van der Waals surface area contributed by atoms with Crippen molar-refractivity contribution in [2.75, 3.05) is 6.54 Å². The molecule has 0 aliphatic rings. The van der Waals surface area contributed by atoms with Gasteiger partial charge in [0.25, 0.3) is 5.91 Å². The maximum atomic E-state index is 12.3. The molecule has 1 N–H and O–H groups in total. The minimum absolute atomic E-state index is 0.154. The molecular weight excluding hydrogens is 268 g/mol. The summed E-state index contributed by atoms with van der Waals surface area (Å²) in [5.41, 5.74) is 0.548. The van der Waals surface area contributed by atoms with Crippen molar-refractivity contribution < 1.29 is 14.3 Å². The Morgan fingerprint density at radius 3 is 2.85 bits per heavy atom. The molecule has 0 unspecified atom stereocenters. The lowest BCUT2D eigenvalue weighted by atomic mass is 10.2. The van der Waals surface area contributed by atoms with E-state index in [0.717, 1.165) is 6.20 Å². The molecule has 20 heavy (non-hydrogen) atoms. The maximum Gasteiger partial charge on any atom is 0.319 e. The quantitative estimate of drug-likeness (QED) is 0.628. The molecule has 0 radical (unpaired) electrons. The van der Waals surface area contributed by atoms with Crippen LogP contribution in [0.2, 0.25) is 0 Å². The Labute approximate surface area is 112 Å². The van der Waals surface area contributed by atoms with Crippen molar-refractivity contribution in [3.05, 3.63) is 33.4 Å². The number of carbonyl (C=O) groups is 1. The number of aryl methyl sites for hydroxylation is 1. The number of hydrogen-bond donors (Lipinski definition) is 1. The summed E-state index contributed by atoms with van der Waals surface area (Å²) < 4.78 is 4.56. The van der Waals surface area contributed by atoms with Crippen molar-refractivity contribution in [3.63, 3.8) is 0 Å². The Bertz CT molecular complexity index is 633. The monoisotopic (exact) mass is 280 g/mol. The highest BCUT2D eigenvalue weighted by molar-refractivity contribution is 5.95. The van der Waals surface area contributed by atoms with Gasteiger partial charge in [0.2, 0.25) is 5.69 Å². The van der Waals surface area contributed by atoms with Crippen LogP contribution in [0, 0.1) is 17.0 Å². The summed E-state index contributed by atoms with van der Waals surface area (Å²) in [5.74, 6) is -0.529. The first-order valence-corrected chi connectivity index (χ1v) is 5.79. The average molecular weight is 280 g/mol. The fraction of sp³-hybridized carbons (Fsp3) is 0.400. The van der Waals surface area contributed by atoms with E-state index in [-0.39, 0.29) is 17.9 Å². The van der Waals surface area contributed by atoms with Gasteiger partial charge in [-0.15, -0.1) is 0 Å². The van der Waals surface area contributed by atoms with Gasteiger partial charge in [-0.2, -0.15) is 5.10 Å². The summed E-state index contributed by atoms with van der Waals surface area (Å²) >= 11 is 0. The molecule has 1 amide bonds. The number of nitro groups is 1. The van der Waals surface area contributed by atoms with Gasteiger partial charge in [-0.25, -0.2) is 4.63 Å². The summed E-state index contributed by atoms with van der Waals surface area (Å²) in [4.78, 5) is 23.8. The second-order valence-electron chi connectivity index (χ2n) is 4.00. The number of nitrogens with one attached hydrogen (secondary N) is 1. The van der Waals surface area contributed by atoms with E-state index in [1.807, 2.05) is 0 Å². The maximum absolute atomic E-state index is 12.3. The van der Waals surface area contributed by atoms with Gasteiger partial charge in [0.05, 0.1) is 11.5 Å². The molecule has 0 bridgehead atoms. The molecule has 0 aliphatic heterocycles. The molecule has 10 nitrogen and oxygen atoms in total. The zero-order valence-corrected chi connectivity index (χ0v) is 10.9. The van der Waals surface area contributed by atoms with Crippen LogP contribution >= 0.6 is 0 Å². The van der Waals surface area contributed by atoms with E-state index in [1.165, 1.54) is 4.90 Å². The van der Waals surface area contributed by atoms with Crippen molar-refractivity contribution in [2.45, 2.75) is 20.4 Å². The van der Waals surface area contributed by atoms with E-state index in [9.17, 15) is 14.9 Å². The second-order valence-corrected chi connectivity index (χ2v) is 4.00. The van der Waals surface area contributed by atoms with Gasteiger partial charge in [-0.1, -0.05) is 10.3 Å². The minimum atomic E-state index is -0.659. The molecule has 0 atom stereocenters. The highest BCUT2D eigenvalue weighted by atomic mass is 16.6. The van der Waals surface area contributed by atoms with E-state index < -0.39 is 10.8 Å². The number of carbonyl (C=O) groups excluding carboxylic acids is 1. The van der Waals surface area contributed by atoms with Crippen molar-refractivity contribution in [3.8, 4) is 0 Å². The third-order valence-corrected chi connectivity index (χ3v) is 2.79. The molecule has 0 spiro atoms. The normalized spacial score (nSPS) is 10.5. The largest absolute Gasteiger partial charge is 0.331 e. The predicted molar refractivity (Wildman–Crippen MR) is 64.7 cm³/mol. The molecule has 2 aromatic rings. The predicted octanol–water partition coefficient (Wildman–Crippen LogP) is 0.672. The highest BCUT2D eigenvalue weighted by Crippen LogP contribution is 2.18. The van der Waals surface area contributed by atoms with E-state index in [0.29, 0.717) is 17.9 Å². The van der Waals surface area contributed by atoms with Crippen molar-refractivity contribution in [1.29, 1.82) is 0 Å². The topological polar surface area (TPSA) is 131 Å². The summed E-state index contributed by atoms with van der Waals surface area (Å²) in [6, 6.07) is 0. The third-order valence-electron chi connectivity index (χ3n) is 2.79. The number of aromatic amines is 1. The Kier molecular flexibility index (Phi) is 3.73. The van der Waals surface area contributed by atoms with Gasteiger partial charge in [0.15, 0.2) is 0 Å². The molecule has 2 heterocycles. The lowest BCUT2D eigenvalue weighted by Crippen LogP contribution is -2.31. The van der Waals surface area contributed by atoms with Gasteiger partial charge in [0.1, 0.15) is 17.6 Å². The number of rotatable bonds is 5. The Morgan fingerprint density at radius 1 is 1.55 bits per heavy atom. The summed E-state index contributed by atoms with van der Waals surface area (Å²) in [5, 5.41) is 24.0. The molecule has 106 valence electrons. The number of aromatic nitrogens is 4. The van der Waals surface area contributed by atoms with Crippen LogP contribution in [0.4, 0.5) is 5.69 Å². The molecule has 10 heteroatoms. The molecule has 0 aromatic carbocycles. The third kappa shape index (κ3) is 2.48. The van der Waals surface area contributed by atoms with Crippen LogP contribution in [0.5, 0.6) is 0 Å². The first kappa shape index (κ1) is 13.6. The SMILES string of the molecule is CCN(Cc1nonc1C)C(=O)c1[nH]ncc1[N+](=O)[O-]. The van der Waals surface area contributed by atoms with E-state index >= 15 is 0 Å². The fourth-order valence-electron chi connectivity index (χ4n) is 1.63. The van der Waals surface area contributed by atoms with Crippen LogP contribution < -0.4 is 0 Å². The van der Waals surface area contributed by atoms with Crippen LogP contribution in [0.25, 0.3) is 0 Å². The highest BCUT2D eigenvalue weighted by Gasteiger charge is 2.27. The molecule has 0 aliphatic carbocycles. The minimum Gasteiger partial charge on any atom is -0.331 e. The first-order chi connectivity index (χ1) is 9.54.